The van der Waals surface area contributed by atoms with Gasteiger partial charge >= 0.3 is 0 Å². The van der Waals surface area contributed by atoms with Crippen LogP contribution < -0.4 is 0 Å². The third-order valence-corrected chi connectivity index (χ3v) is 3.59. The number of hydrogen-bond donors (Lipinski definition) is 0. The van der Waals surface area contributed by atoms with Crippen molar-refractivity contribution >= 4 is 40.4 Å². The number of pyridine rings is 1. The first-order valence-corrected chi connectivity index (χ1v) is 6.36. The minimum absolute atomic E-state index is 0.518. The summed E-state index contributed by atoms with van der Waals surface area (Å²) in [4.78, 5) is 4.50. The topological polar surface area (TPSA) is 17.3 Å². The molecule has 3 aromatic rings. The van der Waals surface area contributed by atoms with Crippen LogP contribution in [0.1, 0.15) is 0 Å². The van der Waals surface area contributed by atoms with E-state index in [2.05, 4.69) is 4.98 Å². The Labute approximate surface area is 119 Å². The van der Waals surface area contributed by atoms with Crippen molar-refractivity contribution in [2.45, 2.75) is 0 Å². The highest BCUT2D eigenvalue weighted by Gasteiger charge is 2.06. The maximum Gasteiger partial charge on any atom is 0.137 e. The smallest absolute Gasteiger partial charge is 0.137 e. The van der Waals surface area contributed by atoms with E-state index < -0.39 is 0 Å². The highest BCUT2D eigenvalue weighted by atomic mass is 35.5. The number of aromatic nitrogens is 2. The maximum atomic E-state index is 6.00. The van der Waals surface area contributed by atoms with E-state index in [0.717, 1.165) is 16.9 Å². The number of hydrogen-bond acceptors (Lipinski definition) is 1. The molecule has 90 valence electrons. The standard InChI is InChI=1S/C13H7Cl3N2/c14-9-2-4-13-17-12(7-18(13)6-9)8-1-3-10(15)11(16)5-8/h1-7H. The maximum absolute atomic E-state index is 6.00. The van der Waals surface area contributed by atoms with E-state index in [1.807, 2.05) is 35.0 Å². The van der Waals surface area contributed by atoms with E-state index in [4.69, 9.17) is 34.8 Å². The van der Waals surface area contributed by atoms with Crippen LogP contribution in [0.5, 0.6) is 0 Å². The van der Waals surface area contributed by atoms with Gasteiger partial charge in [0.2, 0.25) is 0 Å². The van der Waals surface area contributed by atoms with E-state index in [-0.39, 0.29) is 0 Å². The summed E-state index contributed by atoms with van der Waals surface area (Å²) in [6, 6.07) is 9.12. The van der Waals surface area contributed by atoms with Crippen LogP contribution in [0, 0.1) is 0 Å². The van der Waals surface area contributed by atoms with E-state index in [9.17, 15) is 0 Å². The summed E-state index contributed by atoms with van der Waals surface area (Å²) in [6.07, 6.45) is 3.71. The minimum Gasteiger partial charge on any atom is -0.305 e. The number of imidazole rings is 1. The monoisotopic (exact) mass is 296 g/mol. The van der Waals surface area contributed by atoms with Crippen LogP contribution in [0.4, 0.5) is 0 Å². The highest BCUT2D eigenvalue weighted by molar-refractivity contribution is 6.42. The average Bonchev–Trinajstić information content (AvgIpc) is 2.75. The molecule has 1 aromatic carbocycles. The molecule has 2 aromatic heterocycles. The van der Waals surface area contributed by atoms with Crippen LogP contribution in [-0.2, 0) is 0 Å². The molecule has 0 atom stereocenters. The molecule has 5 heteroatoms. The lowest BCUT2D eigenvalue weighted by molar-refractivity contribution is 1.19. The molecule has 0 unspecified atom stereocenters. The van der Waals surface area contributed by atoms with Crippen LogP contribution in [-0.4, -0.2) is 9.38 Å². The largest absolute Gasteiger partial charge is 0.305 e. The molecule has 3 rings (SSSR count). The van der Waals surface area contributed by atoms with Crippen LogP contribution in [0.25, 0.3) is 16.9 Å². The Balaban J connectivity index is 2.16. The predicted molar refractivity (Wildman–Crippen MR) is 75.7 cm³/mol. The van der Waals surface area contributed by atoms with E-state index >= 15 is 0 Å². The summed E-state index contributed by atoms with van der Waals surface area (Å²) in [5.74, 6) is 0. The third kappa shape index (κ3) is 2.07. The summed E-state index contributed by atoms with van der Waals surface area (Å²) in [5, 5.41) is 1.72. The van der Waals surface area contributed by atoms with E-state index in [1.165, 1.54) is 0 Å². The van der Waals surface area contributed by atoms with Gasteiger partial charge in [-0.3, -0.25) is 0 Å². The molecule has 0 saturated carbocycles. The van der Waals surface area contributed by atoms with Gasteiger partial charge in [0.25, 0.3) is 0 Å². The molecule has 0 saturated heterocycles. The van der Waals surface area contributed by atoms with Crippen LogP contribution in [0.3, 0.4) is 0 Å². The molecule has 0 aliphatic carbocycles. The second-order valence-electron chi connectivity index (χ2n) is 3.87. The average molecular weight is 298 g/mol. The van der Waals surface area contributed by atoms with Crippen molar-refractivity contribution in [3.8, 4) is 11.3 Å². The Bertz CT molecular complexity index is 734. The van der Waals surface area contributed by atoms with Gasteiger partial charge in [0.15, 0.2) is 0 Å². The zero-order chi connectivity index (χ0) is 12.7. The molecule has 0 bridgehead atoms. The summed E-state index contributed by atoms with van der Waals surface area (Å²) in [5.41, 5.74) is 2.58. The fraction of sp³-hybridized carbons (Fsp3) is 0. The Hall–Kier alpha value is -1.22. The second-order valence-corrected chi connectivity index (χ2v) is 5.12. The van der Waals surface area contributed by atoms with Gasteiger partial charge in [0, 0.05) is 18.0 Å². The molecule has 0 aliphatic heterocycles. The van der Waals surface area contributed by atoms with Gasteiger partial charge in [-0.2, -0.15) is 0 Å². The van der Waals surface area contributed by atoms with Crippen molar-refractivity contribution in [2.75, 3.05) is 0 Å². The number of nitrogens with zero attached hydrogens (tertiary/aromatic N) is 2. The molecular weight excluding hydrogens is 291 g/mol. The van der Waals surface area contributed by atoms with Gasteiger partial charge in [-0.25, -0.2) is 4.98 Å². The SMILES string of the molecule is Clc1ccc2nc(-c3ccc(Cl)c(Cl)c3)cn2c1. The van der Waals surface area contributed by atoms with Gasteiger partial charge in [-0.05, 0) is 24.3 Å². The van der Waals surface area contributed by atoms with E-state index in [1.54, 1.807) is 12.1 Å². The zero-order valence-corrected chi connectivity index (χ0v) is 11.3. The Morgan fingerprint density at radius 2 is 1.72 bits per heavy atom. The Morgan fingerprint density at radius 1 is 0.889 bits per heavy atom. The molecule has 0 radical (unpaired) electrons. The number of benzene rings is 1. The minimum atomic E-state index is 0.518. The Kier molecular flexibility index (Phi) is 2.94. The zero-order valence-electron chi connectivity index (χ0n) is 9.07. The van der Waals surface area contributed by atoms with Gasteiger partial charge in [-0.1, -0.05) is 40.9 Å². The Morgan fingerprint density at radius 3 is 2.50 bits per heavy atom. The number of rotatable bonds is 1. The van der Waals surface area contributed by atoms with Gasteiger partial charge in [-0.15, -0.1) is 0 Å². The van der Waals surface area contributed by atoms with Crippen molar-refractivity contribution in [3.05, 3.63) is 57.8 Å². The van der Waals surface area contributed by atoms with Crippen molar-refractivity contribution in [3.63, 3.8) is 0 Å². The quantitative estimate of drug-likeness (QED) is 0.620. The van der Waals surface area contributed by atoms with Crippen molar-refractivity contribution in [2.24, 2.45) is 0 Å². The number of fused-ring (bicyclic) bond motifs is 1. The van der Waals surface area contributed by atoms with Crippen LogP contribution >= 0.6 is 34.8 Å². The molecule has 2 heterocycles. The third-order valence-electron chi connectivity index (χ3n) is 2.63. The first-order valence-electron chi connectivity index (χ1n) is 5.23. The molecule has 0 fully saturated rings. The lowest BCUT2D eigenvalue weighted by atomic mass is 10.2. The summed E-state index contributed by atoms with van der Waals surface area (Å²) in [6.45, 7) is 0. The molecule has 0 amide bonds. The normalized spacial score (nSPS) is 11.1. The molecule has 0 N–H and O–H groups in total. The van der Waals surface area contributed by atoms with Crippen molar-refractivity contribution < 1.29 is 0 Å². The van der Waals surface area contributed by atoms with Gasteiger partial charge in [0.1, 0.15) is 5.65 Å². The second kappa shape index (κ2) is 4.47. The fourth-order valence-electron chi connectivity index (χ4n) is 1.76. The lowest BCUT2D eigenvalue weighted by Gasteiger charge is -1.98. The van der Waals surface area contributed by atoms with Crippen LogP contribution in [0.2, 0.25) is 15.1 Å². The molecular formula is C13H7Cl3N2. The fourth-order valence-corrected chi connectivity index (χ4v) is 2.23. The van der Waals surface area contributed by atoms with Crippen molar-refractivity contribution in [1.82, 2.24) is 9.38 Å². The molecule has 0 spiro atoms. The molecule has 18 heavy (non-hydrogen) atoms. The van der Waals surface area contributed by atoms with Crippen molar-refractivity contribution in [1.29, 1.82) is 0 Å². The number of halogens is 3. The summed E-state index contributed by atoms with van der Waals surface area (Å²) >= 11 is 17.8. The van der Waals surface area contributed by atoms with E-state index in [0.29, 0.717) is 15.1 Å². The predicted octanol–water partition coefficient (Wildman–Crippen LogP) is 4.96. The molecule has 2 nitrogen and oxygen atoms in total. The van der Waals surface area contributed by atoms with Gasteiger partial charge in [0.05, 0.1) is 20.8 Å². The first kappa shape index (κ1) is 11.8. The summed E-state index contributed by atoms with van der Waals surface area (Å²) in [7, 11) is 0. The lowest BCUT2D eigenvalue weighted by Crippen LogP contribution is -1.79. The highest BCUT2D eigenvalue weighted by Crippen LogP contribution is 2.28. The van der Waals surface area contributed by atoms with Gasteiger partial charge < -0.3 is 4.40 Å². The summed E-state index contributed by atoms with van der Waals surface area (Å²) < 4.78 is 1.88. The molecule has 0 aliphatic rings. The first-order chi connectivity index (χ1) is 8.63. The van der Waals surface area contributed by atoms with Crippen LogP contribution in [0.15, 0.2) is 42.7 Å².